The topological polar surface area (TPSA) is 136 Å². The lowest BCUT2D eigenvalue weighted by Gasteiger charge is -2.30. The Bertz CT molecular complexity index is 1450. The van der Waals surface area contributed by atoms with E-state index in [0.717, 1.165) is 7.14 Å². The molecule has 0 spiro atoms. The molecule has 2 aromatic rings. The lowest BCUT2D eigenvalue weighted by molar-refractivity contribution is -0.149. The van der Waals surface area contributed by atoms with E-state index in [-0.39, 0.29) is 28.0 Å². The lowest BCUT2D eigenvalue weighted by Crippen LogP contribution is -2.44. The molecular weight excluding hydrogens is 742 g/mol. The Hall–Kier alpha value is -1.78. The number of fused-ring (bicyclic) bond motifs is 1. The minimum Gasteiger partial charge on any atom is -0.744 e. The summed E-state index contributed by atoms with van der Waals surface area (Å²) in [5, 5.41) is 0. The van der Waals surface area contributed by atoms with Crippen molar-refractivity contribution in [2.24, 2.45) is 23.7 Å². The highest BCUT2D eigenvalue weighted by atomic mass is 127. The van der Waals surface area contributed by atoms with E-state index in [0.29, 0.717) is 17.5 Å². The van der Waals surface area contributed by atoms with Crippen LogP contribution in [0.3, 0.4) is 0 Å². The third-order valence-corrected chi connectivity index (χ3v) is 9.71. The number of carbonyl (C=O) groups is 3. The van der Waals surface area contributed by atoms with Crippen LogP contribution in [0.25, 0.3) is 0 Å². The highest BCUT2D eigenvalue weighted by Gasteiger charge is 2.70. The monoisotopic (exact) mass is 765 g/mol. The van der Waals surface area contributed by atoms with Crippen molar-refractivity contribution in [3.8, 4) is 5.75 Å². The number of rotatable bonds is 6. The zero-order valence-electron chi connectivity index (χ0n) is 20.5. The van der Waals surface area contributed by atoms with E-state index in [1.165, 1.54) is 19.1 Å². The minimum absolute atomic E-state index is 0.110. The van der Waals surface area contributed by atoms with Crippen LogP contribution in [0.1, 0.15) is 47.7 Å². The number of carbonyl (C=O) groups excluding carboxylic acids is 3. The maximum atomic E-state index is 13.5. The molecule has 6 atom stereocenters. The predicted octanol–water partition coefficient (Wildman–Crippen LogP) is 4.17. The van der Waals surface area contributed by atoms with Crippen LogP contribution in [0, 0.1) is 37.7 Å². The van der Waals surface area contributed by atoms with Crippen molar-refractivity contribution >= 4 is 73.2 Å². The summed E-state index contributed by atoms with van der Waals surface area (Å²) < 4.78 is 54.2. The molecule has 0 radical (unpaired) electrons. The van der Waals surface area contributed by atoms with E-state index in [2.05, 4.69) is 45.2 Å². The van der Waals surface area contributed by atoms with Gasteiger partial charge in [0.25, 0.3) is 0 Å². The van der Waals surface area contributed by atoms with Gasteiger partial charge in [-0.3, -0.25) is 9.59 Å². The average Bonchev–Trinajstić information content (AvgIpc) is 3.42. The molecule has 12 heteroatoms. The first-order valence-corrected chi connectivity index (χ1v) is 15.5. The average molecular weight is 765 g/mol. The maximum absolute atomic E-state index is 13.5. The van der Waals surface area contributed by atoms with Gasteiger partial charge in [-0.2, -0.15) is 0 Å². The first-order valence-electron chi connectivity index (χ1n) is 12.0. The quantitative estimate of drug-likeness (QED) is 0.184. The lowest BCUT2D eigenvalue weighted by atomic mass is 9.78. The Morgan fingerprint density at radius 2 is 1.74 bits per heavy atom. The first-order chi connectivity index (χ1) is 17.8. The van der Waals surface area contributed by atoms with Crippen molar-refractivity contribution in [3.05, 3.63) is 54.2 Å². The Kier molecular flexibility index (Phi) is 7.31. The molecule has 0 amide bonds. The van der Waals surface area contributed by atoms with Gasteiger partial charge in [-0.05, 0) is 106 Å². The Morgan fingerprint density at radius 3 is 2.34 bits per heavy atom. The summed E-state index contributed by atoms with van der Waals surface area (Å²) in [4.78, 5) is 38.9. The number of hydrogen-bond acceptors (Lipinski definition) is 9. The second kappa shape index (κ2) is 10.0. The first kappa shape index (κ1) is 27.8. The van der Waals surface area contributed by atoms with Gasteiger partial charge >= 0.3 is 17.9 Å². The van der Waals surface area contributed by atoms with Crippen molar-refractivity contribution in [1.82, 2.24) is 0 Å². The van der Waals surface area contributed by atoms with E-state index in [4.69, 9.17) is 14.2 Å². The Morgan fingerprint density at radius 1 is 1.08 bits per heavy atom. The van der Waals surface area contributed by atoms with Gasteiger partial charge in [-0.25, -0.2) is 13.2 Å². The number of aryl methyl sites for hydroxylation is 1. The van der Waals surface area contributed by atoms with E-state index < -0.39 is 58.0 Å². The molecule has 1 heterocycles. The number of esters is 3. The molecule has 0 aromatic heterocycles. The van der Waals surface area contributed by atoms with Gasteiger partial charge in [0.1, 0.15) is 28.1 Å². The molecule has 0 N–H and O–H groups in total. The fourth-order valence-corrected chi connectivity index (χ4v) is 8.81. The van der Waals surface area contributed by atoms with Crippen molar-refractivity contribution in [2.75, 3.05) is 0 Å². The molecule has 9 nitrogen and oxygen atoms in total. The summed E-state index contributed by atoms with van der Waals surface area (Å²) in [5.41, 5.74) is 0.901. The van der Waals surface area contributed by atoms with Crippen LogP contribution >= 0.6 is 45.2 Å². The van der Waals surface area contributed by atoms with Crippen molar-refractivity contribution in [2.45, 2.75) is 50.2 Å². The summed E-state index contributed by atoms with van der Waals surface area (Å²) in [6.45, 7) is 4.99. The van der Waals surface area contributed by atoms with Gasteiger partial charge in [0.05, 0.1) is 22.3 Å². The summed E-state index contributed by atoms with van der Waals surface area (Å²) in [6.07, 6.45) is -0.918. The second-order valence-corrected chi connectivity index (χ2v) is 14.1. The largest absolute Gasteiger partial charge is 0.744 e. The smallest absolute Gasteiger partial charge is 0.338 e. The number of hydrogen-bond donors (Lipinski definition) is 0. The molecule has 2 bridgehead atoms. The van der Waals surface area contributed by atoms with Gasteiger partial charge in [0.2, 0.25) is 0 Å². The third-order valence-electron chi connectivity index (χ3n) is 7.57. The van der Waals surface area contributed by atoms with Crippen molar-refractivity contribution in [1.29, 1.82) is 0 Å². The van der Waals surface area contributed by atoms with Crippen LogP contribution < -0.4 is 4.74 Å². The van der Waals surface area contributed by atoms with Gasteiger partial charge in [-0.15, -0.1) is 0 Å². The fraction of sp³-hybridized carbons (Fsp3) is 0.423. The molecule has 3 fully saturated rings. The molecule has 1 aliphatic heterocycles. The molecule has 2 aromatic carbocycles. The second-order valence-electron chi connectivity index (χ2n) is 10.2. The number of ether oxygens (including phenoxy) is 3. The van der Waals surface area contributed by atoms with E-state index in [1.807, 2.05) is 6.07 Å². The molecule has 5 rings (SSSR count). The molecule has 38 heavy (non-hydrogen) atoms. The maximum Gasteiger partial charge on any atom is 0.338 e. The van der Waals surface area contributed by atoms with Gasteiger partial charge < -0.3 is 18.8 Å². The van der Waals surface area contributed by atoms with E-state index in [9.17, 15) is 27.4 Å². The standard InChI is InChI=1S/C26H24I2O9S/c1-10(2)15-9-18(11(3)4-19(15)38(32,33)34)35-25(30)20-16-8-17-21(20)26(31)37-23(17)22(16)36-24(29)12-5-13(27)7-14(28)6-12/h4-7,9-10,16-17,20-23H,8H2,1-3H3,(H,32,33,34)/p-1. The van der Waals surface area contributed by atoms with E-state index >= 15 is 0 Å². The van der Waals surface area contributed by atoms with Gasteiger partial charge in [0, 0.05) is 19.0 Å². The summed E-state index contributed by atoms with van der Waals surface area (Å²) >= 11 is 4.22. The predicted molar refractivity (Wildman–Crippen MR) is 148 cm³/mol. The van der Waals surface area contributed by atoms with Crippen LogP contribution in [0.15, 0.2) is 35.2 Å². The minimum atomic E-state index is -4.73. The summed E-state index contributed by atoms with van der Waals surface area (Å²) in [6, 6.07) is 7.91. The molecule has 202 valence electrons. The van der Waals surface area contributed by atoms with E-state index in [1.54, 1.807) is 26.0 Å². The van der Waals surface area contributed by atoms with Crippen LogP contribution in [0.2, 0.25) is 0 Å². The van der Waals surface area contributed by atoms with Crippen LogP contribution in [0.5, 0.6) is 5.75 Å². The zero-order chi connectivity index (χ0) is 27.7. The number of benzene rings is 2. The Balaban J connectivity index is 1.42. The summed E-state index contributed by atoms with van der Waals surface area (Å²) in [7, 11) is -4.73. The van der Waals surface area contributed by atoms with Crippen molar-refractivity contribution in [3.63, 3.8) is 0 Å². The molecule has 1 saturated heterocycles. The molecule has 3 aliphatic rings. The zero-order valence-corrected chi connectivity index (χ0v) is 25.6. The van der Waals surface area contributed by atoms with Crippen LogP contribution in [-0.4, -0.2) is 43.1 Å². The van der Waals surface area contributed by atoms with Crippen LogP contribution in [0.4, 0.5) is 0 Å². The normalized spacial score (nSPS) is 27.5. The highest BCUT2D eigenvalue weighted by Crippen LogP contribution is 2.59. The number of halogens is 2. The molecule has 2 saturated carbocycles. The molecule has 2 aliphatic carbocycles. The van der Waals surface area contributed by atoms with Gasteiger partial charge in [-0.1, -0.05) is 13.8 Å². The molecular formula is C26H23I2O9S-. The fourth-order valence-electron chi connectivity index (χ4n) is 5.96. The Labute approximate surface area is 247 Å². The van der Waals surface area contributed by atoms with Crippen LogP contribution in [-0.2, 0) is 29.2 Å². The SMILES string of the molecule is Cc1cc(S(=O)(=O)[O-])c(C(C)C)cc1OC(=O)C1C2CC3C(OC(=O)C31)C2OC(=O)c1cc(I)cc(I)c1. The van der Waals surface area contributed by atoms with Crippen molar-refractivity contribution < 1.29 is 41.6 Å². The highest BCUT2D eigenvalue weighted by molar-refractivity contribution is 14.1. The third kappa shape index (κ3) is 4.85. The molecule has 6 unspecified atom stereocenters. The van der Waals surface area contributed by atoms with Gasteiger partial charge in [0.15, 0.2) is 0 Å². The summed E-state index contributed by atoms with van der Waals surface area (Å²) in [5.74, 6) is -4.28.